The van der Waals surface area contributed by atoms with Gasteiger partial charge in [-0.3, -0.25) is 4.90 Å². The molecule has 0 spiro atoms. The molecule has 3 nitrogen and oxygen atoms in total. The highest BCUT2D eigenvalue weighted by Crippen LogP contribution is 2.42. The lowest BCUT2D eigenvalue weighted by Crippen LogP contribution is -2.21. The molecule has 1 fully saturated rings. The maximum Gasteiger partial charge on any atom is 0.107 e. The Morgan fingerprint density at radius 3 is 2.60 bits per heavy atom. The van der Waals surface area contributed by atoms with E-state index >= 15 is 0 Å². The van der Waals surface area contributed by atoms with Crippen LogP contribution in [0, 0.1) is 0 Å². The molecule has 0 saturated heterocycles. The van der Waals surface area contributed by atoms with E-state index in [2.05, 4.69) is 31.0 Å². The van der Waals surface area contributed by atoms with E-state index in [-0.39, 0.29) is 0 Å². The monoisotopic (exact) mass is 295 g/mol. The molecule has 0 bridgehead atoms. The molecule has 1 aliphatic rings. The fourth-order valence-electron chi connectivity index (χ4n) is 2.43. The molecule has 1 heterocycles. The molecule has 1 aromatic heterocycles. The second-order valence-corrected chi connectivity index (χ2v) is 6.85. The number of hydrogen-bond acceptors (Lipinski definition) is 4. The van der Waals surface area contributed by atoms with Crippen LogP contribution in [0.25, 0.3) is 0 Å². The highest BCUT2D eigenvalue weighted by atomic mass is 32.1. The van der Waals surface area contributed by atoms with Gasteiger partial charge in [0.15, 0.2) is 0 Å². The van der Waals surface area contributed by atoms with Crippen molar-refractivity contribution in [1.82, 2.24) is 15.2 Å². The van der Waals surface area contributed by atoms with E-state index in [1.807, 2.05) is 11.3 Å². The summed E-state index contributed by atoms with van der Waals surface area (Å²) in [5.74, 6) is 0.764. The van der Waals surface area contributed by atoms with Crippen molar-refractivity contribution in [3.63, 3.8) is 0 Å². The van der Waals surface area contributed by atoms with Crippen molar-refractivity contribution in [3.05, 3.63) is 15.6 Å². The maximum absolute atomic E-state index is 4.94. The standard InChI is InChI=1S/C16H29N3S/c1-4-7-10-17-11-14-16(13-8-9-13)18-15(20-14)12-19(5-2)6-3/h13,17H,4-12H2,1-3H3. The number of unbranched alkanes of at least 4 members (excludes halogenated alkanes) is 1. The van der Waals surface area contributed by atoms with Gasteiger partial charge < -0.3 is 5.32 Å². The molecule has 0 amide bonds. The Labute approximate surface area is 127 Å². The Kier molecular flexibility index (Phi) is 6.46. The first-order chi connectivity index (χ1) is 9.78. The van der Waals surface area contributed by atoms with Gasteiger partial charge in [-0.15, -0.1) is 11.3 Å². The van der Waals surface area contributed by atoms with Gasteiger partial charge in [-0.25, -0.2) is 4.98 Å². The minimum atomic E-state index is 0.764. The summed E-state index contributed by atoms with van der Waals surface area (Å²) in [5.41, 5.74) is 1.40. The summed E-state index contributed by atoms with van der Waals surface area (Å²) in [6, 6.07) is 0. The van der Waals surface area contributed by atoms with E-state index in [4.69, 9.17) is 4.98 Å². The summed E-state index contributed by atoms with van der Waals surface area (Å²) < 4.78 is 0. The van der Waals surface area contributed by atoms with Crippen molar-refractivity contribution in [2.24, 2.45) is 0 Å². The molecule has 20 heavy (non-hydrogen) atoms. The third-order valence-electron chi connectivity index (χ3n) is 3.98. The highest BCUT2D eigenvalue weighted by molar-refractivity contribution is 7.11. The van der Waals surface area contributed by atoms with E-state index in [9.17, 15) is 0 Å². The molecule has 1 aliphatic carbocycles. The van der Waals surface area contributed by atoms with Gasteiger partial charge in [0.2, 0.25) is 0 Å². The molecule has 0 unspecified atom stereocenters. The van der Waals surface area contributed by atoms with Gasteiger partial charge in [-0.1, -0.05) is 27.2 Å². The number of thiazole rings is 1. The number of hydrogen-bond donors (Lipinski definition) is 1. The molecule has 0 aromatic carbocycles. The number of nitrogens with one attached hydrogen (secondary N) is 1. The van der Waals surface area contributed by atoms with Crippen LogP contribution in [0.2, 0.25) is 0 Å². The maximum atomic E-state index is 4.94. The van der Waals surface area contributed by atoms with Crippen LogP contribution in [0.4, 0.5) is 0 Å². The van der Waals surface area contributed by atoms with Gasteiger partial charge in [-0.05, 0) is 38.9 Å². The average molecular weight is 295 g/mol. The quantitative estimate of drug-likeness (QED) is 0.666. The Bertz CT molecular complexity index is 394. The predicted molar refractivity (Wildman–Crippen MR) is 87.3 cm³/mol. The van der Waals surface area contributed by atoms with Crippen molar-refractivity contribution in [2.45, 2.75) is 65.5 Å². The third-order valence-corrected chi connectivity index (χ3v) is 5.04. The number of rotatable bonds is 10. The van der Waals surface area contributed by atoms with Gasteiger partial charge in [0, 0.05) is 17.3 Å². The minimum Gasteiger partial charge on any atom is -0.312 e. The van der Waals surface area contributed by atoms with E-state index in [1.165, 1.54) is 41.3 Å². The third kappa shape index (κ3) is 4.54. The molecular formula is C16H29N3S. The first kappa shape index (κ1) is 15.9. The Balaban J connectivity index is 1.96. The zero-order valence-corrected chi connectivity index (χ0v) is 14.1. The molecule has 1 N–H and O–H groups in total. The molecule has 0 radical (unpaired) electrons. The normalized spacial score (nSPS) is 15.2. The van der Waals surface area contributed by atoms with Crippen molar-refractivity contribution in [3.8, 4) is 0 Å². The molecule has 2 rings (SSSR count). The van der Waals surface area contributed by atoms with Gasteiger partial charge in [0.25, 0.3) is 0 Å². The highest BCUT2D eigenvalue weighted by Gasteiger charge is 2.29. The van der Waals surface area contributed by atoms with Crippen molar-refractivity contribution in [1.29, 1.82) is 0 Å². The zero-order valence-electron chi connectivity index (χ0n) is 13.2. The average Bonchev–Trinajstić information content (AvgIpc) is 3.23. The molecule has 1 saturated carbocycles. The van der Waals surface area contributed by atoms with E-state index in [1.54, 1.807) is 0 Å². The molecule has 4 heteroatoms. The fourth-order valence-corrected chi connectivity index (χ4v) is 3.59. The predicted octanol–water partition coefficient (Wildman–Crippen LogP) is 3.75. The summed E-state index contributed by atoms with van der Waals surface area (Å²) in [5, 5.41) is 4.89. The second kappa shape index (κ2) is 8.11. The van der Waals surface area contributed by atoms with Crippen LogP contribution in [0.3, 0.4) is 0 Å². The molecule has 1 aromatic rings. The smallest absolute Gasteiger partial charge is 0.107 e. The fraction of sp³-hybridized carbons (Fsp3) is 0.812. The van der Waals surface area contributed by atoms with E-state index in [0.717, 1.165) is 38.6 Å². The molecule has 0 atom stereocenters. The van der Waals surface area contributed by atoms with Crippen molar-refractivity contribution < 1.29 is 0 Å². The van der Waals surface area contributed by atoms with Crippen LogP contribution in [-0.4, -0.2) is 29.5 Å². The number of nitrogens with zero attached hydrogens (tertiary/aromatic N) is 2. The van der Waals surface area contributed by atoms with Gasteiger partial charge in [0.1, 0.15) is 5.01 Å². The minimum absolute atomic E-state index is 0.764. The summed E-state index contributed by atoms with van der Waals surface area (Å²) in [6.07, 6.45) is 5.22. The van der Waals surface area contributed by atoms with E-state index < -0.39 is 0 Å². The lowest BCUT2D eigenvalue weighted by Gasteiger charge is -2.15. The van der Waals surface area contributed by atoms with Crippen LogP contribution in [0.5, 0.6) is 0 Å². The Hall–Kier alpha value is -0.450. The van der Waals surface area contributed by atoms with Crippen LogP contribution in [0.1, 0.15) is 68.0 Å². The van der Waals surface area contributed by atoms with Crippen molar-refractivity contribution in [2.75, 3.05) is 19.6 Å². The lowest BCUT2D eigenvalue weighted by molar-refractivity contribution is 0.295. The summed E-state index contributed by atoms with van der Waals surface area (Å²) in [4.78, 5) is 8.88. The van der Waals surface area contributed by atoms with Crippen LogP contribution >= 0.6 is 11.3 Å². The van der Waals surface area contributed by atoms with Gasteiger partial charge in [0.05, 0.1) is 12.2 Å². The summed E-state index contributed by atoms with van der Waals surface area (Å²) in [7, 11) is 0. The van der Waals surface area contributed by atoms with Gasteiger partial charge in [-0.2, -0.15) is 0 Å². The zero-order chi connectivity index (χ0) is 14.4. The van der Waals surface area contributed by atoms with Crippen LogP contribution < -0.4 is 5.32 Å². The Morgan fingerprint density at radius 2 is 2.00 bits per heavy atom. The summed E-state index contributed by atoms with van der Waals surface area (Å²) >= 11 is 1.93. The molecular weight excluding hydrogens is 266 g/mol. The summed E-state index contributed by atoms with van der Waals surface area (Å²) in [6.45, 7) is 12.1. The largest absolute Gasteiger partial charge is 0.312 e. The topological polar surface area (TPSA) is 28.2 Å². The lowest BCUT2D eigenvalue weighted by atomic mass is 10.2. The first-order valence-electron chi connectivity index (χ1n) is 8.19. The van der Waals surface area contributed by atoms with Crippen LogP contribution in [-0.2, 0) is 13.1 Å². The first-order valence-corrected chi connectivity index (χ1v) is 9.01. The molecule has 0 aliphatic heterocycles. The molecule has 114 valence electrons. The number of aromatic nitrogens is 1. The second-order valence-electron chi connectivity index (χ2n) is 5.68. The van der Waals surface area contributed by atoms with Gasteiger partial charge >= 0.3 is 0 Å². The Morgan fingerprint density at radius 1 is 1.25 bits per heavy atom. The van der Waals surface area contributed by atoms with Crippen molar-refractivity contribution >= 4 is 11.3 Å². The van der Waals surface area contributed by atoms with E-state index in [0.29, 0.717) is 0 Å². The SMILES string of the molecule is CCCCNCc1sc(CN(CC)CC)nc1C1CC1. The van der Waals surface area contributed by atoms with Crippen LogP contribution in [0.15, 0.2) is 0 Å².